The van der Waals surface area contributed by atoms with Crippen molar-refractivity contribution in [3.8, 4) is 0 Å². The van der Waals surface area contributed by atoms with E-state index in [1.165, 1.54) is 6.08 Å². The average molecular weight is 216 g/mol. The van der Waals surface area contributed by atoms with Crippen LogP contribution >= 0.6 is 0 Å². The highest BCUT2D eigenvalue weighted by molar-refractivity contribution is 5.87. The number of amides is 1. The number of carbonyl (C=O) groups is 1. The molecule has 16 heavy (non-hydrogen) atoms. The van der Waals surface area contributed by atoms with E-state index in [1.807, 2.05) is 37.4 Å². The highest BCUT2D eigenvalue weighted by atomic mass is 16.1. The summed E-state index contributed by atoms with van der Waals surface area (Å²) in [6, 6.07) is 10.0. The zero-order valence-electron chi connectivity index (χ0n) is 9.44. The summed E-state index contributed by atoms with van der Waals surface area (Å²) in [6.07, 6.45) is 1.29. The van der Waals surface area contributed by atoms with Crippen LogP contribution in [0.15, 0.2) is 48.7 Å². The highest BCUT2D eigenvalue weighted by Gasteiger charge is 1.99. The number of nitrogens with one attached hydrogen (secondary N) is 1. The van der Waals surface area contributed by atoms with E-state index in [-0.39, 0.29) is 5.91 Å². The molecule has 0 heterocycles. The fourth-order valence-corrected chi connectivity index (χ4v) is 1.30. The van der Waals surface area contributed by atoms with Crippen molar-refractivity contribution in [2.75, 3.05) is 25.0 Å². The molecule has 1 amide bonds. The highest BCUT2D eigenvalue weighted by Crippen LogP contribution is 2.09. The monoisotopic (exact) mass is 216 g/mol. The maximum Gasteiger partial charge on any atom is 0.251 e. The van der Waals surface area contributed by atoms with Gasteiger partial charge in [-0.2, -0.15) is 0 Å². The molecule has 1 N–H and O–H groups in total. The number of rotatable bonds is 5. The molecule has 0 unspecified atom stereocenters. The summed E-state index contributed by atoms with van der Waals surface area (Å²) in [5.74, 6) is -0.156. The largest absolute Gasteiger partial charge is 0.373 e. The normalized spacial score (nSPS) is 9.06. The molecule has 1 aromatic carbocycles. The minimum atomic E-state index is -0.156. The fourth-order valence-electron chi connectivity index (χ4n) is 1.30. The number of para-hydroxylation sites is 1. The van der Waals surface area contributed by atoms with Gasteiger partial charge >= 0.3 is 0 Å². The minimum Gasteiger partial charge on any atom is -0.373 e. The number of likely N-dealkylation sites (N-methyl/N-ethyl adjacent to an activating group) is 1. The summed E-state index contributed by atoms with van der Waals surface area (Å²) in [6.45, 7) is 4.70. The number of benzene rings is 1. The smallest absolute Gasteiger partial charge is 0.251 e. The maximum atomic E-state index is 11.1. The van der Waals surface area contributed by atoms with Gasteiger partial charge in [-0.25, -0.2) is 0 Å². The van der Waals surface area contributed by atoms with Crippen molar-refractivity contribution >= 4 is 11.6 Å². The third kappa shape index (κ3) is 4.03. The quantitative estimate of drug-likeness (QED) is 0.598. The van der Waals surface area contributed by atoms with Gasteiger partial charge in [0.15, 0.2) is 0 Å². The van der Waals surface area contributed by atoms with Gasteiger partial charge in [-0.15, -0.1) is 5.73 Å². The van der Waals surface area contributed by atoms with Gasteiger partial charge in [0.1, 0.15) is 0 Å². The molecule has 0 aliphatic heterocycles. The topological polar surface area (TPSA) is 32.3 Å². The summed E-state index contributed by atoms with van der Waals surface area (Å²) in [5.41, 5.74) is 3.57. The Hall–Kier alpha value is -1.99. The van der Waals surface area contributed by atoms with Crippen LogP contribution in [0, 0.1) is 0 Å². The molecule has 0 radical (unpaired) electrons. The first-order valence-electron chi connectivity index (χ1n) is 5.14. The molecule has 0 aliphatic carbocycles. The van der Waals surface area contributed by atoms with Crippen molar-refractivity contribution in [1.82, 2.24) is 5.32 Å². The van der Waals surface area contributed by atoms with Gasteiger partial charge in [0.2, 0.25) is 0 Å². The van der Waals surface area contributed by atoms with Crippen LogP contribution < -0.4 is 10.2 Å². The van der Waals surface area contributed by atoms with Crippen molar-refractivity contribution in [2.24, 2.45) is 0 Å². The van der Waals surface area contributed by atoms with Crippen LogP contribution in [0.3, 0.4) is 0 Å². The summed E-state index contributed by atoms with van der Waals surface area (Å²) >= 11 is 0. The number of carbonyl (C=O) groups excluding carboxylic acids is 1. The Bertz CT molecular complexity index is 380. The van der Waals surface area contributed by atoms with Crippen LogP contribution in [0.5, 0.6) is 0 Å². The van der Waals surface area contributed by atoms with E-state index in [0.29, 0.717) is 6.54 Å². The van der Waals surface area contributed by atoms with Crippen LogP contribution in [0.25, 0.3) is 0 Å². The van der Waals surface area contributed by atoms with E-state index < -0.39 is 0 Å². The Morgan fingerprint density at radius 1 is 1.50 bits per heavy atom. The molecule has 1 aromatic rings. The van der Waals surface area contributed by atoms with Crippen molar-refractivity contribution < 1.29 is 4.79 Å². The lowest BCUT2D eigenvalue weighted by molar-refractivity contribution is -0.116. The molecular formula is C13H16N2O. The fraction of sp³-hybridized carbons (Fsp3) is 0.231. The van der Waals surface area contributed by atoms with Crippen LogP contribution in [0.1, 0.15) is 0 Å². The predicted octanol–water partition coefficient (Wildman–Crippen LogP) is 1.58. The van der Waals surface area contributed by atoms with Gasteiger partial charge in [0, 0.05) is 31.9 Å². The Kier molecular flexibility index (Phi) is 4.90. The zero-order valence-corrected chi connectivity index (χ0v) is 9.44. The molecule has 3 nitrogen and oxygen atoms in total. The first-order chi connectivity index (χ1) is 7.74. The van der Waals surface area contributed by atoms with Gasteiger partial charge in [-0.1, -0.05) is 24.8 Å². The second-order valence-corrected chi connectivity index (χ2v) is 3.40. The van der Waals surface area contributed by atoms with E-state index in [1.54, 1.807) is 0 Å². The van der Waals surface area contributed by atoms with E-state index in [0.717, 1.165) is 12.2 Å². The van der Waals surface area contributed by atoms with Gasteiger partial charge < -0.3 is 10.2 Å². The van der Waals surface area contributed by atoms with E-state index in [9.17, 15) is 4.79 Å². The molecule has 0 fully saturated rings. The van der Waals surface area contributed by atoms with Crippen molar-refractivity contribution in [1.29, 1.82) is 0 Å². The van der Waals surface area contributed by atoms with Crippen molar-refractivity contribution in [3.05, 3.63) is 48.7 Å². The van der Waals surface area contributed by atoms with Crippen LogP contribution in [0.2, 0.25) is 0 Å². The Morgan fingerprint density at radius 3 is 2.81 bits per heavy atom. The van der Waals surface area contributed by atoms with Crippen LogP contribution in [-0.4, -0.2) is 26.0 Å². The van der Waals surface area contributed by atoms with E-state index >= 15 is 0 Å². The molecule has 1 rings (SSSR count). The SMILES string of the molecule is C=C=CC(=O)NCCN(C)c1ccccc1. The standard InChI is InChI=1S/C13H16N2O/c1-3-7-13(16)14-10-11-15(2)12-8-5-4-6-9-12/h4-9H,1,10-11H2,2H3,(H,14,16). The lowest BCUT2D eigenvalue weighted by Gasteiger charge is -2.18. The third-order valence-corrected chi connectivity index (χ3v) is 2.18. The first kappa shape index (κ1) is 12.1. The molecule has 0 saturated carbocycles. The second-order valence-electron chi connectivity index (χ2n) is 3.40. The van der Waals surface area contributed by atoms with Crippen LogP contribution in [-0.2, 0) is 4.79 Å². The summed E-state index contributed by atoms with van der Waals surface area (Å²) < 4.78 is 0. The zero-order chi connectivity index (χ0) is 11.8. The lowest BCUT2D eigenvalue weighted by Crippen LogP contribution is -2.31. The molecule has 0 aliphatic rings. The van der Waals surface area contributed by atoms with E-state index in [4.69, 9.17) is 0 Å². The number of hydrogen-bond acceptors (Lipinski definition) is 2. The maximum absolute atomic E-state index is 11.1. The van der Waals surface area contributed by atoms with Crippen molar-refractivity contribution in [2.45, 2.75) is 0 Å². The predicted molar refractivity (Wildman–Crippen MR) is 66.4 cm³/mol. The molecule has 0 aromatic heterocycles. The van der Waals surface area contributed by atoms with Crippen LogP contribution in [0.4, 0.5) is 5.69 Å². The molecular weight excluding hydrogens is 200 g/mol. The Morgan fingerprint density at radius 2 is 2.19 bits per heavy atom. The summed E-state index contributed by atoms with van der Waals surface area (Å²) in [7, 11) is 1.99. The van der Waals surface area contributed by atoms with Gasteiger partial charge in [-0.3, -0.25) is 4.79 Å². The lowest BCUT2D eigenvalue weighted by atomic mass is 10.3. The molecule has 84 valence electrons. The Labute approximate surface area is 96.1 Å². The molecule has 0 bridgehead atoms. The number of nitrogens with zero attached hydrogens (tertiary/aromatic N) is 1. The Balaban J connectivity index is 2.33. The second kappa shape index (κ2) is 6.49. The summed E-state index contributed by atoms with van der Waals surface area (Å²) in [5, 5.41) is 2.75. The summed E-state index contributed by atoms with van der Waals surface area (Å²) in [4.78, 5) is 13.2. The average Bonchev–Trinajstić information content (AvgIpc) is 2.30. The molecule has 3 heteroatoms. The number of anilines is 1. The number of hydrogen-bond donors (Lipinski definition) is 1. The minimum absolute atomic E-state index is 0.156. The van der Waals surface area contributed by atoms with Gasteiger partial charge in [-0.05, 0) is 12.1 Å². The third-order valence-electron chi connectivity index (χ3n) is 2.18. The van der Waals surface area contributed by atoms with Gasteiger partial charge in [0.25, 0.3) is 5.91 Å². The molecule has 0 spiro atoms. The van der Waals surface area contributed by atoms with E-state index in [2.05, 4.69) is 22.5 Å². The first-order valence-corrected chi connectivity index (χ1v) is 5.14. The molecule has 0 atom stereocenters. The van der Waals surface area contributed by atoms with Crippen molar-refractivity contribution in [3.63, 3.8) is 0 Å². The van der Waals surface area contributed by atoms with Gasteiger partial charge in [0.05, 0.1) is 0 Å². The molecule has 0 saturated heterocycles.